The summed E-state index contributed by atoms with van der Waals surface area (Å²) in [5.74, 6) is -0.280. The van der Waals surface area contributed by atoms with E-state index < -0.39 is 0 Å². The van der Waals surface area contributed by atoms with Gasteiger partial charge in [0.15, 0.2) is 0 Å². The summed E-state index contributed by atoms with van der Waals surface area (Å²) in [5, 5.41) is 11.5. The molecule has 2 rings (SSSR count). The van der Waals surface area contributed by atoms with Crippen molar-refractivity contribution < 1.29 is 4.39 Å². The van der Waals surface area contributed by atoms with Crippen LogP contribution in [-0.2, 0) is 6.42 Å². The standard InChI is InChI=1S/C10H5BrFNS/c11-8-5-14-9-4-7(12)3-6(1-2-13)10(8)9/h3-5H,1H2. The molecule has 0 unspecified atom stereocenters. The van der Waals surface area contributed by atoms with E-state index in [1.54, 1.807) is 0 Å². The second kappa shape index (κ2) is 3.68. The van der Waals surface area contributed by atoms with Crippen molar-refractivity contribution in [1.29, 1.82) is 5.26 Å². The van der Waals surface area contributed by atoms with Crippen LogP contribution < -0.4 is 0 Å². The predicted molar refractivity (Wildman–Crippen MR) is 58.8 cm³/mol. The summed E-state index contributed by atoms with van der Waals surface area (Å²) in [6, 6.07) is 4.95. The third-order valence-corrected chi connectivity index (χ3v) is 3.80. The van der Waals surface area contributed by atoms with E-state index in [4.69, 9.17) is 5.26 Å². The van der Waals surface area contributed by atoms with Crippen LogP contribution in [0.5, 0.6) is 0 Å². The van der Waals surface area contributed by atoms with Gasteiger partial charge in [-0.3, -0.25) is 0 Å². The van der Waals surface area contributed by atoms with Gasteiger partial charge in [0.1, 0.15) is 5.82 Å². The fraction of sp³-hybridized carbons (Fsp3) is 0.100. The number of thiophene rings is 1. The lowest BCUT2D eigenvalue weighted by Gasteiger charge is -1.99. The van der Waals surface area contributed by atoms with Gasteiger partial charge in [-0.15, -0.1) is 11.3 Å². The third kappa shape index (κ3) is 1.54. The fourth-order valence-electron chi connectivity index (χ4n) is 1.40. The zero-order chi connectivity index (χ0) is 10.1. The molecule has 1 heterocycles. The first-order valence-electron chi connectivity index (χ1n) is 3.94. The Hall–Kier alpha value is -0.920. The molecule has 0 amide bonds. The SMILES string of the molecule is N#CCc1cc(F)cc2scc(Br)c12. The first-order chi connectivity index (χ1) is 6.72. The molecule has 14 heavy (non-hydrogen) atoms. The second-order valence-electron chi connectivity index (χ2n) is 2.86. The van der Waals surface area contributed by atoms with Crippen molar-refractivity contribution in [1.82, 2.24) is 0 Å². The molecule has 1 aromatic carbocycles. The molecule has 0 bridgehead atoms. The number of nitrogens with zero attached hydrogens (tertiary/aromatic N) is 1. The predicted octanol–water partition coefficient (Wildman–Crippen LogP) is 3.87. The fourth-order valence-corrected chi connectivity index (χ4v) is 3.17. The topological polar surface area (TPSA) is 23.8 Å². The molecule has 0 aliphatic carbocycles. The number of rotatable bonds is 1. The molecule has 1 aromatic heterocycles. The van der Waals surface area contributed by atoms with Gasteiger partial charge in [0.2, 0.25) is 0 Å². The lowest BCUT2D eigenvalue weighted by atomic mass is 10.1. The Morgan fingerprint density at radius 2 is 2.29 bits per heavy atom. The summed E-state index contributed by atoms with van der Waals surface area (Å²) in [7, 11) is 0. The second-order valence-corrected chi connectivity index (χ2v) is 4.62. The Morgan fingerprint density at radius 1 is 1.50 bits per heavy atom. The average Bonchev–Trinajstić information content (AvgIpc) is 2.48. The van der Waals surface area contributed by atoms with Gasteiger partial charge in [0.05, 0.1) is 12.5 Å². The van der Waals surface area contributed by atoms with E-state index in [1.165, 1.54) is 23.5 Å². The lowest BCUT2D eigenvalue weighted by molar-refractivity contribution is 0.628. The van der Waals surface area contributed by atoms with Crippen molar-refractivity contribution >= 4 is 37.4 Å². The van der Waals surface area contributed by atoms with Crippen LogP contribution in [-0.4, -0.2) is 0 Å². The van der Waals surface area contributed by atoms with Gasteiger partial charge in [0, 0.05) is 19.9 Å². The van der Waals surface area contributed by atoms with E-state index in [2.05, 4.69) is 15.9 Å². The number of fused-ring (bicyclic) bond motifs is 1. The zero-order valence-electron chi connectivity index (χ0n) is 7.05. The highest BCUT2D eigenvalue weighted by Gasteiger charge is 2.08. The Bertz CT molecular complexity index is 527. The first-order valence-corrected chi connectivity index (χ1v) is 5.61. The third-order valence-electron chi connectivity index (χ3n) is 1.95. The molecule has 1 nitrogen and oxygen atoms in total. The average molecular weight is 270 g/mol. The van der Waals surface area contributed by atoms with Crippen LogP contribution in [0.2, 0.25) is 0 Å². The van der Waals surface area contributed by atoms with Crippen LogP contribution in [0.25, 0.3) is 10.1 Å². The van der Waals surface area contributed by atoms with Gasteiger partial charge in [-0.05, 0) is 33.6 Å². The summed E-state index contributed by atoms with van der Waals surface area (Å²) >= 11 is 4.86. The molecule has 0 radical (unpaired) electrons. The highest BCUT2D eigenvalue weighted by Crippen LogP contribution is 2.33. The molecule has 0 N–H and O–H groups in total. The first kappa shape index (κ1) is 9.63. The van der Waals surface area contributed by atoms with E-state index in [0.717, 1.165) is 20.1 Å². The molecule has 0 saturated carbocycles. The molecule has 0 spiro atoms. The minimum atomic E-state index is -0.280. The molecule has 4 heteroatoms. The number of halogens is 2. The van der Waals surface area contributed by atoms with Gasteiger partial charge >= 0.3 is 0 Å². The van der Waals surface area contributed by atoms with Crippen molar-refractivity contribution in [3.05, 3.63) is 33.4 Å². The zero-order valence-corrected chi connectivity index (χ0v) is 9.45. The molecule has 0 saturated heterocycles. The minimum Gasteiger partial charge on any atom is -0.207 e. The highest BCUT2D eigenvalue weighted by molar-refractivity contribution is 9.10. The Morgan fingerprint density at radius 3 is 3.00 bits per heavy atom. The quantitative estimate of drug-likeness (QED) is 0.771. The number of hydrogen-bond acceptors (Lipinski definition) is 2. The van der Waals surface area contributed by atoms with Crippen LogP contribution in [0.1, 0.15) is 5.56 Å². The molecule has 0 aliphatic rings. The van der Waals surface area contributed by atoms with Crippen molar-refractivity contribution in [2.24, 2.45) is 0 Å². The van der Waals surface area contributed by atoms with Crippen molar-refractivity contribution in [3.8, 4) is 6.07 Å². The van der Waals surface area contributed by atoms with Crippen LogP contribution in [0.4, 0.5) is 4.39 Å². The van der Waals surface area contributed by atoms with Crippen molar-refractivity contribution in [2.45, 2.75) is 6.42 Å². The highest BCUT2D eigenvalue weighted by atomic mass is 79.9. The largest absolute Gasteiger partial charge is 0.207 e. The van der Waals surface area contributed by atoms with E-state index >= 15 is 0 Å². The smallest absolute Gasteiger partial charge is 0.124 e. The Kier molecular flexibility index (Phi) is 2.53. The lowest BCUT2D eigenvalue weighted by Crippen LogP contribution is -1.85. The Balaban J connectivity index is 2.78. The van der Waals surface area contributed by atoms with E-state index in [-0.39, 0.29) is 12.2 Å². The van der Waals surface area contributed by atoms with E-state index in [1.807, 2.05) is 11.4 Å². The summed E-state index contributed by atoms with van der Waals surface area (Å²) < 4.78 is 14.9. The van der Waals surface area contributed by atoms with E-state index in [0.29, 0.717) is 0 Å². The number of hydrogen-bond donors (Lipinski definition) is 0. The maximum absolute atomic E-state index is 13.1. The molecule has 70 valence electrons. The van der Waals surface area contributed by atoms with Gasteiger partial charge in [-0.1, -0.05) is 0 Å². The van der Waals surface area contributed by atoms with Gasteiger partial charge in [0.25, 0.3) is 0 Å². The van der Waals surface area contributed by atoms with Crippen LogP contribution in [0, 0.1) is 17.1 Å². The molecule has 0 fully saturated rings. The van der Waals surface area contributed by atoms with Gasteiger partial charge in [-0.2, -0.15) is 5.26 Å². The summed E-state index contributed by atoms with van der Waals surface area (Å²) in [4.78, 5) is 0. The Labute approximate surface area is 92.9 Å². The van der Waals surface area contributed by atoms with Gasteiger partial charge < -0.3 is 0 Å². The minimum absolute atomic E-state index is 0.240. The molecule has 0 atom stereocenters. The summed E-state index contributed by atoms with van der Waals surface area (Å²) in [6.07, 6.45) is 0.240. The van der Waals surface area contributed by atoms with Crippen LogP contribution in [0.15, 0.2) is 22.0 Å². The van der Waals surface area contributed by atoms with Crippen LogP contribution >= 0.6 is 27.3 Å². The molecular weight excluding hydrogens is 265 g/mol. The maximum atomic E-state index is 13.1. The molecule has 2 aromatic rings. The molecule has 0 aliphatic heterocycles. The van der Waals surface area contributed by atoms with Crippen molar-refractivity contribution in [3.63, 3.8) is 0 Å². The molecular formula is C10H5BrFNS. The maximum Gasteiger partial charge on any atom is 0.124 e. The number of nitriles is 1. The summed E-state index contributed by atoms with van der Waals surface area (Å²) in [6.45, 7) is 0. The van der Waals surface area contributed by atoms with Gasteiger partial charge in [-0.25, -0.2) is 4.39 Å². The number of benzene rings is 1. The van der Waals surface area contributed by atoms with Crippen LogP contribution in [0.3, 0.4) is 0 Å². The monoisotopic (exact) mass is 269 g/mol. The van der Waals surface area contributed by atoms with E-state index in [9.17, 15) is 4.39 Å². The van der Waals surface area contributed by atoms with Crippen molar-refractivity contribution in [2.75, 3.05) is 0 Å². The normalized spacial score (nSPS) is 10.4. The summed E-state index contributed by atoms with van der Waals surface area (Å²) in [5.41, 5.74) is 0.746.